The summed E-state index contributed by atoms with van der Waals surface area (Å²) in [5.41, 5.74) is 1.11. The topological polar surface area (TPSA) is 96.0 Å². The van der Waals surface area contributed by atoms with Crippen LogP contribution in [-0.4, -0.2) is 56.6 Å². The number of benzene rings is 2. The van der Waals surface area contributed by atoms with Crippen LogP contribution in [0.5, 0.6) is 5.75 Å². The molecule has 1 atom stereocenters. The van der Waals surface area contributed by atoms with Gasteiger partial charge in [-0.2, -0.15) is 0 Å². The molecular weight excluding hydrogens is 509 g/mol. The zero-order valence-electron chi connectivity index (χ0n) is 22.4. The number of carbonyl (C=O) groups is 2. The van der Waals surface area contributed by atoms with Gasteiger partial charge >= 0.3 is 0 Å². The number of para-hydroxylation sites is 2. The van der Waals surface area contributed by atoms with Crippen molar-refractivity contribution in [2.24, 2.45) is 0 Å². The number of nitrogens with zero attached hydrogens (tertiary/aromatic N) is 2. The van der Waals surface area contributed by atoms with Crippen molar-refractivity contribution in [2.75, 3.05) is 23.7 Å². The minimum atomic E-state index is -3.64. The van der Waals surface area contributed by atoms with E-state index in [1.165, 1.54) is 21.3 Å². The molecule has 0 spiro atoms. The fraction of sp³-hybridized carbons (Fsp3) is 0.500. The number of hydrogen-bond acceptors (Lipinski definition) is 5. The van der Waals surface area contributed by atoms with Gasteiger partial charge in [-0.25, -0.2) is 12.8 Å². The molecule has 8 nitrogen and oxygen atoms in total. The van der Waals surface area contributed by atoms with Crippen molar-refractivity contribution in [2.45, 2.75) is 71.0 Å². The standard InChI is InChI=1S/C28H38FN3O5S/c1-4-37-26-13-8-7-12-25(26)32(38(3,35)36)19-9-14-27(33)31(20-22-15-17-23(29)18-16-22)21(2)28(34)30-24-10-5-6-11-24/h7-8,12-13,15-18,21,24H,4-6,9-11,14,19-20H2,1-3H3,(H,30,34)/t21-/m0/s1. The summed E-state index contributed by atoms with van der Waals surface area (Å²) in [6.07, 6.45) is 5.38. The Morgan fingerprint density at radius 3 is 2.39 bits per heavy atom. The van der Waals surface area contributed by atoms with E-state index in [2.05, 4.69) is 5.32 Å². The molecule has 0 aliphatic heterocycles. The third-order valence-electron chi connectivity index (χ3n) is 6.72. The van der Waals surface area contributed by atoms with E-state index < -0.39 is 16.1 Å². The molecule has 1 aliphatic carbocycles. The molecule has 208 valence electrons. The maximum absolute atomic E-state index is 13.4. The van der Waals surface area contributed by atoms with Crippen molar-refractivity contribution in [1.29, 1.82) is 0 Å². The molecule has 1 fully saturated rings. The fourth-order valence-electron chi connectivity index (χ4n) is 4.68. The first-order chi connectivity index (χ1) is 18.1. The van der Waals surface area contributed by atoms with Crippen LogP contribution >= 0.6 is 0 Å². The molecule has 38 heavy (non-hydrogen) atoms. The van der Waals surface area contributed by atoms with Crippen LogP contribution in [0.3, 0.4) is 0 Å². The average molecular weight is 548 g/mol. The second kappa shape index (κ2) is 13.6. The Bertz CT molecular complexity index is 1180. The number of amides is 2. The Morgan fingerprint density at radius 1 is 1.11 bits per heavy atom. The molecule has 1 saturated carbocycles. The summed E-state index contributed by atoms with van der Waals surface area (Å²) in [5.74, 6) is -0.445. The van der Waals surface area contributed by atoms with E-state index in [-0.39, 0.29) is 49.6 Å². The molecule has 10 heteroatoms. The van der Waals surface area contributed by atoms with E-state index >= 15 is 0 Å². The molecule has 0 aromatic heterocycles. The van der Waals surface area contributed by atoms with Gasteiger partial charge in [0.2, 0.25) is 21.8 Å². The summed E-state index contributed by atoms with van der Waals surface area (Å²) in [6, 6.07) is 12.1. The molecule has 0 radical (unpaired) electrons. The number of nitrogens with one attached hydrogen (secondary N) is 1. The molecule has 0 saturated heterocycles. The van der Waals surface area contributed by atoms with Crippen LogP contribution in [0.15, 0.2) is 48.5 Å². The molecular formula is C28H38FN3O5S. The van der Waals surface area contributed by atoms with Gasteiger partial charge in [0, 0.05) is 25.6 Å². The van der Waals surface area contributed by atoms with E-state index in [9.17, 15) is 22.4 Å². The summed E-state index contributed by atoms with van der Waals surface area (Å²) in [5, 5.41) is 3.05. The third-order valence-corrected chi connectivity index (χ3v) is 7.90. The van der Waals surface area contributed by atoms with Crippen molar-refractivity contribution < 1.29 is 27.1 Å². The number of rotatable bonds is 13. The van der Waals surface area contributed by atoms with Crippen LogP contribution < -0.4 is 14.4 Å². The summed E-state index contributed by atoms with van der Waals surface area (Å²) >= 11 is 0. The fourth-order valence-corrected chi connectivity index (χ4v) is 5.65. The Labute approximate surface area is 225 Å². The first-order valence-corrected chi connectivity index (χ1v) is 15.0. The summed E-state index contributed by atoms with van der Waals surface area (Å²) in [6.45, 7) is 4.10. The summed E-state index contributed by atoms with van der Waals surface area (Å²) < 4.78 is 45.5. The lowest BCUT2D eigenvalue weighted by Gasteiger charge is -2.30. The maximum atomic E-state index is 13.4. The van der Waals surface area contributed by atoms with E-state index in [1.54, 1.807) is 43.3 Å². The SMILES string of the molecule is CCOc1ccccc1N(CCCC(=O)N(Cc1ccc(F)cc1)[C@@H](C)C(=O)NC1CCCC1)S(C)(=O)=O. The number of halogens is 1. The second-order valence-electron chi connectivity index (χ2n) is 9.65. The van der Waals surface area contributed by atoms with Crippen molar-refractivity contribution >= 4 is 27.5 Å². The zero-order valence-corrected chi connectivity index (χ0v) is 23.2. The number of hydrogen-bond donors (Lipinski definition) is 1. The van der Waals surface area contributed by atoms with Crippen molar-refractivity contribution in [3.8, 4) is 5.75 Å². The minimum absolute atomic E-state index is 0.0328. The maximum Gasteiger partial charge on any atom is 0.242 e. The Kier molecular flexibility index (Phi) is 10.5. The zero-order chi connectivity index (χ0) is 27.7. The van der Waals surface area contributed by atoms with Gasteiger partial charge in [-0.15, -0.1) is 0 Å². The largest absolute Gasteiger partial charge is 0.492 e. The van der Waals surface area contributed by atoms with E-state index in [4.69, 9.17) is 4.74 Å². The highest BCUT2D eigenvalue weighted by Crippen LogP contribution is 2.30. The first kappa shape index (κ1) is 29.4. The van der Waals surface area contributed by atoms with Crippen LogP contribution in [0.1, 0.15) is 57.9 Å². The van der Waals surface area contributed by atoms with Gasteiger partial charge in [-0.05, 0) is 62.9 Å². The Morgan fingerprint density at radius 2 is 1.76 bits per heavy atom. The highest BCUT2D eigenvalue weighted by molar-refractivity contribution is 7.92. The number of ether oxygens (including phenoxy) is 1. The van der Waals surface area contributed by atoms with Crippen LogP contribution in [0.2, 0.25) is 0 Å². The van der Waals surface area contributed by atoms with Crippen molar-refractivity contribution in [1.82, 2.24) is 10.2 Å². The van der Waals surface area contributed by atoms with Crippen LogP contribution in [-0.2, 0) is 26.2 Å². The lowest BCUT2D eigenvalue weighted by molar-refractivity contribution is -0.141. The average Bonchev–Trinajstić information content (AvgIpc) is 3.39. The van der Waals surface area contributed by atoms with Gasteiger partial charge in [-0.1, -0.05) is 37.1 Å². The van der Waals surface area contributed by atoms with Crippen LogP contribution in [0, 0.1) is 5.82 Å². The van der Waals surface area contributed by atoms with Gasteiger partial charge in [-0.3, -0.25) is 13.9 Å². The predicted molar refractivity (Wildman–Crippen MR) is 146 cm³/mol. The molecule has 1 N–H and O–H groups in total. The number of carbonyl (C=O) groups excluding carboxylic acids is 2. The monoisotopic (exact) mass is 547 g/mol. The van der Waals surface area contributed by atoms with Crippen LogP contribution in [0.4, 0.5) is 10.1 Å². The van der Waals surface area contributed by atoms with E-state index in [1.807, 2.05) is 6.92 Å². The molecule has 1 aliphatic rings. The molecule has 2 amide bonds. The van der Waals surface area contributed by atoms with Gasteiger partial charge in [0.15, 0.2) is 0 Å². The molecule has 2 aromatic rings. The highest BCUT2D eigenvalue weighted by atomic mass is 32.2. The quantitative estimate of drug-likeness (QED) is 0.405. The summed E-state index contributed by atoms with van der Waals surface area (Å²) in [4.78, 5) is 27.9. The first-order valence-electron chi connectivity index (χ1n) is 13.1. The Hall–Kier alpha value is -3.14. The second-order valence-corrected chi connectivity index (χ2v) is 11.6. The lowest BCUT2D eigenvalue weighted by atomic mass is 10.1. The van der Waals surface area contributed by atoms with Crippen LogP contribution in [0.25, 0.3) is 0 Å². The van der Waals surface area contributed by atoms with Crippen molar-refractivity contribution in [3.63, 3.8) is 0 Å². The lowest BCUT2D eigenvalue weighted by Crippen LogP contribution is -2.49. The minimum Gasteiger partial charge on any atom is -0.492 e. The predicted octanol–water partition coefficient (Wildman–Crippen LogP) is 4.25. The van der Waals surface area contributed by atoms with Crippen molar-refractivity contribution in [3.05, 3.63) is 59.9 Å². The normalized spacial score (nSPS) is 14.6. The molecule has 0 heterocycles. The van der Waals surface area contributed by atoms with Gasteiger partial charge in [0.25, 0.3) is 0 Å². The Balaban J connectivity index is 1.73. The molecule has 0 unspecified atom stereocenters. The smallest absolute Gasteiger partial charge is 0.242 e. The molecule has 3 rings (SSSR count). The highest BCUT2D eigenvalue weighted by Gasteiger charge is 2.29. The van der Waals surface area contributed by atoms with E-state index in [0.29, 0.717) is 23.6 Å². The number of sulfonamides is 1. The molecule has 2 aromatic carbocycles. The van der Waals surface area contributed by atoms with Gasteiger partial charge in [0.1, 0.15) is 17.6 Å². The third kappa shape index (κ3) is 8.18. The van der Waals surface area contributed by atoms with E-state index in [0.717, 1.165) is 31.9 Å². The molecule has 0 bridgehead atoms. The van der Waals surface area contributed by atoms with Gasteiger partial charge < -0.3 is 15.0 Å². The number of anilines is 1. The van der Waals surface area contributed by atoms with Gasteiger partial charge in [0.05, 0.1) is 18.6 Å². The summed E-state index contributed by atoms with van der Waals surface area (Å²) in [7, 11) is -3.64.